The van der Waals surface area contributed by atoms with Crippen LogP contribution in [0.2, 0.25) is 0 Å². The van der Waals surface area contributed by atoms with Crippen LogP contribution in [0.25, 0.3) is 0 Å². The third-order valence-corrected chi connectivity index (χ3v) is 5.36. The maximum Gasteiger partial charge on any atom is 0.271 e. The van der Waals surface area contributed by atoms with Crippen molar-refractivity contribution in [2.45, 2.75) is 19.3 Å². The van der Waals surface area contributed by atoms with E-state index in [4.69, 9.17) is 9.47 Å². The van der Waals surface area contributed by atoms with E-state index in [-0.39, 0.29) is 5.91 Å². The van der Waals surface area contributed by atoms with Gasteiger partial charge in [0.2, 0.25) is 0 Å². The highest BCUT2D eigenvalue weighted by Crippen LogP contribution is 2.28. The maximum absolute atomic E-state index is 12.2. The quantitative estimate of drug-likeness (QED) is 0.622. The van der Waals surface area contributed by atoms with Crippen LogP contribution in [0, 0.1) is 0 Å². The summed E-state index contributed by atoms with van der Waals surface area (Å²) in [6.07, 6.45) is 5.50. The molecule has 1 fully saturated rings. The zero-order valence-corrected chi connectivity index (χ0v) is 15.8. The highest BCUT2D eigenvalue weighted by atomic mass is 32.1. The van der Waals surface area contributed by atoms with Gasteiger partial charge in [0.15, 0.2) is 11.5 Å². The fourth-order valence-corrected chi connectivity index (χ4v) is 3.82. The molecule has 138 valence electrons. The van der Waals surface area contributed by atoms with Crippen molar-refractivity contribution < 1.29 is 14.3 Å². The summed E-state index contributed by atoms with van der Waals surface area (Å²) >= 11 is 1.69. The van der Waals surface area contributed by atoms with E-state index in [2.05, 4.69) is 21.5 Å². The first-order valence-electron chi connectivity index (χ1n) is 8.61. The van der Waals surface area contributed by atoms with Crippen LogP contribution in [-0.2, 0) is 0 Å². The second kappa shape index (κ2) is 8.71. The van der Waals surface area contributed by atoms with E-state index in [1.165, 1.54) is 31.4 Å². The van der Waals surface area contributed by atoms with Gasteiger partial charge in [-0.05, 0) is 49.6 Å². The minimum atomic E-state index is -0.296. The first kappa shape index (κ1) is 18.3. The molecule has 1 aromatic carbocycles. The van der Waals surface area contributed by atoms with E-state index in [1.54, 1.807) is 42.9 Å². The number of ether oxygens (including phenoxy) is 2. The molecule has 0 unspecified atom stereocenters. The van der Waals surface area contributed by atoms with Gasteiger partial charge >= 0.3 is 0 Å². The Bertz CT molecular complexity index is 782. The van der Waals surface area contributed by atoms with Crippen molar-refractivity contribution in [2.75, 3.05) is 32.2 Å². The fraction of sp³-hybridized carbons (Fsp3) is 0.368. The normalized spacial score (nSPS) is 14.5. The SMILES string of the molecule is COc1ccc(C(=O)N/N=C\c2ccc(N3CCCCC3)s2)cc1OC. The molecule has 1 N–H and O–H groups in total. The number of rotatable bonds is 6. The summed E-state index contributed by atoms with van der Waals surface area (Å²) in [5.41, 5.74) is 3.01. The van der Waals surface area contributed by atoms with E-state index in [0.717, 1.165) is 18.0 Å². The lowest BCUT2D eigenvalue weighted by molar-refractivity contribution is 0.0954. The van der Waals surface area contributed by atoms with Gasteiger partial charge in [0.1, 0.15) is 0 Å². The van der Waals surface area contributed by atoms with Gasteiger partial charge in [-0.25, -0.2) is 5.43 Å². The smallest absolute Gasteiger partial charge is 0.271 e. The fourth-order valence-electron chi connectivity index (χ4n) is 2.89. The summed E-state index contributed by atoms with van der Waals surface area (Å²) in [4.78, 5) is 15.7. The van der Waals surface area contributed by atoms with Crippen molar-refractivity contribution in [2.24, 2.45) is 5.10 Å². The van der Waals surface area contributed by atoms with E-state index in [1.807, 2.05) is 6.07 Å². The van der Waals surface area contributed by atoms with Crippen LogP contribution < -0.4 is 19.8 Å². The second-order valence-electron chi connectivity index (χ2n) is 5.99. The molecule has 0 radical (unpaired) electrons. The third kappa shape index (κ3) is 4.35. The molecule has 0 spiro atoms. The van der Waals surface area contributed by atoms with Crippen LogP contribution in [0.5, 0.6) is 11.5 Å². The Morgan fingerprint density at radius 3 is 2.62 bits per heavy atom. The van der Waals surface area contributed by atoms with Crippen molar-refractivity contribution in [3.05, 3.63) is 40.8 Å². The lowest BCUT2D eigenvalue weighted by Crippen LogP contribution is -2.28. The van der Waals surface area contributed by atoms with Crippen molar-refractivity contribution in [3.8, 4) is 11.5 Å². The zero-order valence-electron chi connectivity index (χ0n) is 15.0. The van der Waals surface area contributed by atoms with Gasteiger partial charge < -0.3 is 14.4 Å². The number of piperidine rings is 1. The second-order valence-corrected chi connectivity index (χ2v) is 7.09. The summed E-state index contributed by atoms with van der Waals surface area (Å²) in [6, 6.07) is 9.14. The number of hydrazone groups is 1. The Morgan fingerprint density at radius 1 is 1.12 bits per heavy atom. The Balaban J connectivity index is 1.60. The van der Waals surface area contributed by atoms with E-state index in [9.17, 15) is 4.79 Å². The van der Waals surface area contributed by atoms with Gasteiger partial charge in [0.05, 0.1) is 25.4 Å². The molecule has 6 nitrogen and oxygen atoms in total. The number of nitrogens with zero attached hydrogens (tertiary/aromatic N) is 2. The van der Waals surface area contributed by atoms with Crippen LogP contribution in [0.3, 0.4) is 0 Å². The molecule has 1 aliphatic rings. The number of anilines is 1. The number of thiophene rings is 1. The van der Waals surface area contributed by atoms with Crippen LogP contribution in [0.15, 0.2) is 35.4 Å². The number of hydrogen-bond donors (Lipinski definition) is 1. The van der Waals surface area contributed by atoms with Gasteiger partial charge in [-0.1, -0.05) is 0 Å². The molecule has 26 heavy (non-hydrogen) atoms. The first-order valence-corrected chi connectivity index (χ1v) is 9.43. The minimum Gasteiger partial charge on any atom is -0.493 e. The zero-order chi connectivity index (χ0) is 18.4. The number of methoxy groups -OCH3 is 2. The standard InChI is InChI=1S/C19H23N3O3S/c1-24-16-8-6-14(12-17(16)25-2)19(23)21-20-13-15-7-9-18(26-15)22-10-4-3-5-11-22/h6-9,12-13H,3-5,10-11H2,1-2H3,(H,21,23)/b20-13-. The monoisotopic (exact) mass is 373 g/mol. The van der Waals surface area contributed by atoms with Gasteiger partial charge in [-0.3, -0.25) is 4.79 Å². The van der Waals surface area contributed by atoms with Gasteiger partial charge in [0.25, 0.3) is 5.91 Å². The molecule has 2 aromatic rings. The Kier molecular flexibility index (Phi) is 6.12. The number of nitrogens with one attached hydrogen (secondary N) is 1. The largest absolute Gasteiger partial charge is 0.493 e. The highest BCUT2D eigenvalue weighted by Gasteiger charge is 2.13. The molecule has 1 aromatic heterocycles. The maximum atomic E-state index is 12.2. The molecule has 0 bridgehead atoms. The molecule has 1 aliphatic heterocycles. The van der Waals surface area contributed by atoms with Gasteiger partial charge in [0, 0.05) is 23.5 Å². The molecule has 2 heterocycles. The summed E-state index contributed by atoms with van der Waals surface area (Å²) in [5.74, 6) is 0.792. The van der Waals surface area contributed by atoms with Crippen LogP contribution in [0.1, 0.15) is 34.5 Å². The predicted octanol–water partition coefficient (Wildman–Crippen LogP) is 3.52. The number of carbonyl (C=O) groups excluding carboxylic acids is 1. The predicted molar refractivity (Wildman–Crippen MR) is 105 cm³/mol. The molecule has 7 heteroatoms. The van der Waals surface area contributed by atoms with Crippen LogP contribution >= 0.6 is 11.3 Å². The van der Waals surface area contributed by atoms with Crippen molar-refractivity contribution in [1.82, 2.24) is 5.43 Å². The van der Waals surface area contributed by atoms with Crippen molar-refractivity contribution in [1.29, 1.82) is 0 Å². The molecule has 0 saturated carbocycles. The number of amides is 1. The summed E-state index contributed by atoms with van der Waals surface area (Å²) in [5, 5.41) is 5.33. The van der Waals surface area contributed by atoms with Crippen molar-refractivity contribution >= 4 is 28.5 Å². The van der Waals surface area contributed by atoms with Crippen LogP contribution in [0.4, 0.5) is 5.00 Å². The molecular formula is C19H23N3O3S. The Hall–Kier alpha value is -2.54. The number of benzene rings is 1. The van der Waals surface area contributed by atoms with E-state index < -0.39 is 0 Å². The molecule has 3 rings (SSSR count). The molecule has 1 saturated heterocycles. The van der Waals surface area contributed by atoms with E-state index >= 15 is 0 Å². The van der Waals surface area contributed by atoms with Gasteiger partial charge in [-0.2, -0.15) is 5.10 Å². The lowest BCUT2D eigenvalue weighted by Gasteiger charge is -2.27. The lowest BCUT2D eigenvalue weighted by atomic mass is 10.1. The third-order valence-electron chi connectivity index (χ3n) is 4.28. The Labute approximate surface area is 157 Å². The summed E-state index contributed by atoms with van der Waals surface area (Å²) in [7, 11) is 3.09. The topological polar surface area (TPSA) is 63.2 Å². The molecule has 0 aliphatic carbocycles. The molecule has 1 amide bonds. The average molecular weight is 373 g/mol. The minimum absolute atomic E-state index is 0.296. The number of carbonyl (C=O) groups is 1. The van der Waals surface area contributed by atoms with Crippen LogP contribution in [-0.4, -0.2) is 39.4 Å². The van der Waals surface area contributed by atoms with Gasteiger partial charge in [-0.15, -0.1) is 11.3 Å². The first-order chi connectivity index (χ1) is 12.7. The van der Waals surface area contributed by atoms with E-state index in [0.29, 0.717) is 17.1 Å². The molecular weight excluding hydrogens is 350 g/mol. The summed E-state index contributed by atoms with van der Waals surface area (Å²) < 4.78 is 10.4. The van der Waals surface area contributed by atoms with Crippen molar-refractivity contribution in [3.63, 3.8) is 0 Å². The Morgan fingerprint density at radius 2 is 1.88 bits per heavy atom. The average Bonchev–Trinajstić information content (AvgIpc) is 3.17. The molecule has 0 atom stereocenters. The summed E-state index contributed by atoms with van der Waals surface area (Å²) in [6.45, 7) is 2.24. The highest BCUT2D eigenvalue weighted by molar-refractivity contribution is 7.17. The number of hydrogen-bond acceptors (Lipinski definition) is 6.